The van der Waals surface area contributed by atoms with E-state index in [0.29, 0.717) is 19.6 Å². The fourth-order valence-electron chi connectivity index (χ4n) is 2.93. The van der Waals surface area contributed by atoms with E-state index in [4.69, 9.17) is 4.74 Å². The van der Waals surface area contributed by atoms with E-state index in [1.165, 1.54) is 26.2 Å². The van der Waals surface area contributed by atoms with Crippen molar-refractivity contribution in [2.75, 3.05) is 31.6 Å². The molecule has 1 unspecified atom stereocenters. The van der Waals surface area contributed by atoms with Crippen LogP contribution in [0.15, 0.2) is 24.3 Å². The quantitative estimate of drug-likeness (QED) is 0.830. The molecule has 1 fully saturated rings. The lowest BCUT2D eigenvalue weighted by atomic mass is 10.1. The third kappa shape index (κ3) is 4.28. The highest BCUT2D eigenvalue weighted by Crippen LogP contribution is 2.22. The van der Waals surface area contributed by atoms with Crippen molar-refractivity contribution in [3.63, 3.8) is 0 Å². The predicted octanol–water partition coefficient (Wildman–Crippen LogP) is 1.86. The van der Waals surface area contributed by atoms with E-state index in [1.807, 2.05) is 13.0 Å². The molecule has 0 aromatic heterocycles. The van der Waals surface area contributed by atoms with Gasteiger partial charge in [0.25, 0.3) is 5.91 Å². The average Bonchev–Trinajstić information content (AvgIpc) is 2.51. The van der Waals surface area contributed by atoms with Crippen molar-refractivity contribution < 1.29 is 18.7 Å². The van der Waals surface area contributed by atoms with Crippen LogP contribution in [0.3, 0.4) is 0 Å². The molecule has 2 atom stereocenters. The molecule has 23 heavy (non-hydrogen) atoms. The first kappa shape index (κ1) is 17.4. The van der Waals surface area contributed by atoms with E-state index in [1.54, 1.807) is 11.0 Å². The van der Waals surface area contributed by atoms with Gasteiger partial charge in [-0.1, -0.05) is 6.07 Å². The minimum absolute atomic E-state index is 0.0596. The highest BCUT2D eigenvalue weighted by Gasteiger charge is 2.31. The van der Waals surface area contributed by atoms with Crippen LogP contribution in [-0.4, -0.2) is 55.5 Å². The summed E-state index contributed by atoms with van der Waals surface area (Å²) in [6, 6.07) is 6.53. The molecule has 0 spiro atoms. The Hall–Kier alpha value is -1.95. The lowest BCUT2D eigenvalue weighted by molar-refractivity contribution is -0.145. The van der Waals surface area contributed by atoms with Gasteiger partial charge in [-0.15, -0.1) is 0 Å². The van der Waals surface area contributed by atoms with Crippen LogP contribution in [0.1, 0.15) is 20.3 Å². The van der Waals surface area contributed by atoms with E-state index >= 15 is 0 Å². The molecule has 0 N–H and O–H groups in total. The normalized spacial score (nSPS) is 19.6. The number of rotatable bonds is 5. The van der Waals surface area contributed by atoms with Crippen LogP contribution >= 0.6 is 0 Å². The summed E-state index contributed by atoms with van der Waals surface area (Å²) in [4.78, 5) is 27.5. The first-order chi connectivity index (χ1) is 10.9. The maximum absolute atomic E-state index is 13.4. The van der Waals surface area contributed by atoms with Gasteiger partial charge in [0.15, 0.2) is 0 Å². The van der Waals surface area contributed by atoms with Crippen LogP contribution in [-0.2, 0) is 14.3 Å². The van der Waals surface area contributed by atoms with Crippen molar-refractivity contribution in [2.24, 2.45) is 0 Å². The SMILES string of the molecule is COC(CC(C)=O)C(=O)N1CCN(c2cccc(F)c2)[C@@H](C)C1. The smallest absolute Gasteiger partial charge is 0.252 e. The number of benzene rings is 1. The van der Waals surface area contributed by atoms with E-state index in [9.17, 15) is 14.0 Å². The number of methoxy groups -OCH3 is 1. The molecule has 2 rings (SSSR count). The monoisotopic (exact) mass is 322 g/mol. The van der Waals surface area contributed by atoms with Gasteiger partial charge in [0.05, 0.1) is 0 Å². The Balaban J connectivity index is 2.03. The lowest BCUT2D eigenvalue weighted by Gasteiger charge is -2.42. The Morgan fingerprint density at radius 1 is 1.39 bits per heavy atom. The number of piperazine rings is 1. The van der Waals surface area contributed by atoms with Crippen LogP contribution in [0, 0.1) is 5.82 Å². The van der Waals surface area contributed by atoms with Crippen LogP contribution in [0.4, 0.5) is 10.1 Å². The summed E-state index contributed by atoms with van der Waals surface area (Å²) in [7, 11) is 1.44. The van der Waals surface area contributed by atoms with Crippen molar-refractivity contribution >= 4 is 17.4 Å². The zero-order valence-electron chi connectivity index (χ0n) is 13.8. The molecular formula is C17H23FN2O3. The molecule has 1 aliphatic rings. The van der Waals surface area contributed by atoms with Crippen molar-refractivity contribution in [1.29, 1.82) is 0 Å². The minimum Gasteiger partial charge on any atom is -0.371 e. The largest absolute Gasteiger partial charge is 0.371 e. The third-order valence-electron chi connectivity index (χ3n) is 4.11. The molecule has 6 heteroatoms. The summed E-state index contributed by atoms with van der Waals surface area (Å²) in [6.07, 6.45) is -0.631. The molecule has 1 aromatic rings. The molecule has 1 amide bonds. The van der Waals surface area contributed by atoms with Gasteiger partial charge < -0.3 is 14.5 Å². The van der Waals surface area contributed by atoms with Gasteiger partial charge in [0.1, 0.15) is 17.7 Å². The molecule has 126 valence electrons. The number of nitrogens with zero attached hydrogens (tertiary/aromatic N) is 2. The maximum Gasteiger partial charge on any atom is 0.252 e. The van der Waals surface area contributed by atoms with Gasteiger partial charge in [-0.3, -0.25) is 9.59 Å². The number of carbonyl (C=O) groups excluding carboxylic acids is 2. The van der Waals surface area contributed by atoms with Crippen LogP contribution in [0.5, 0.6) is 0 Å². The highest BCUT2D eigenvalue weighted by atomic mass is 19.1. The second-order valence-corrected chi connectivity index (χ2v) is 5.94. The number of halogens is 1. The Bertz CT molecular complexity index is 579. The zero-order valence-corrected chi connectivity index (χ0v) is 13.8. The third-order valence-corrected chi connectivity index (χ3v) is 4.11. The summed E-state index contributed by atoms with van der Waals surface area (Å²) in [5.41, 5.74) is 0.816. The molecule has 0 bridgehead atoms. The summed E-state index contributed by atoms with van der Waals surface area (Å²) in [6.45, 7) is 5.11. The van der Waals surface area contributed by atoms with E-state index in [-0.39, 0.29) is 30.0 Å². The fraction of sp³-hybridized carbons (Fsp3) is 0.529. The molecule has 0 aliphatic carbocycles. The van der Waals surface area contributed by atoms with Gasteiger partial charge in [0, 0.05) is 44.9 Å². The predicted molar refractivity (Wildman–Crippen MR) is 85.9 cm³/mol. The van der Waals surface area contributed by atoms with Gasteiger partial charge in [-0.2, -0.15) is 0 Å². The van der Waals surface area contributed by atoms with Gasteiger partial charge in [-0.05, 0) is 32.0 Å². The minimum atomic E-state index is -0.722. The number of hydrogen-bond donors (Lipinski definition) is 0. The highest BCUT2D eigenvalue weighted by molar-refractivity contribution is 5.87. The molecule has 1 saturated heterocycles. The lowest BCUT2D eigenvalue weighted by Crippen LogP contribution is -2.56. The van der Waals surface area contributed by atoms with Crippen molar-refractivity contribution in [1.82, 2.24) is 4.90 Å². The first-order valence-corrected chi connectivity index (χ1v) is 7.75. The number of ketones is 1. The molecule has 0 radical (unpaired) electrons. The van der Waals surface area contributed by atoms with Gasteiger partial charge in [-0.25, -0.2) is 4.39 Å². The summed E-state index contributed by atoms with van der Waals surface area (Å²) >= 11 is 0. The Kier molecular flexibility index (Phi) is 5.71. The summed E-state index contributed by atoms with van der Waals surface area (Å²) in [5, 5.41) is 0. The average molecular weight is 322 g/mol. The number of anilines is 1. The Morgan fingerprint density at radius 3 is 2.70 bits per heavy atom. The number of Topliss-reactive ketones (excluding diaryl/α,β-unsaturated/α-hetero) is 1. The van der Waals surface area contributed by atoms with Gasteiger partial charge >= 0.3 is 0 Å². The van der Waals surface area contributed by atoms with Crippen molar-refractivity contribution in [3.8, 4) is 0 Å². The zero-order chi connectivity index (χ0) is 17.0. The Labute approximate surface area is 136 Å². The first-order valence-electron chi connectivity index (χ1n) is 7.75. The number of carbonyl (C=O) groups is 2. The summed E-state index contributed by atoms with van der Waals surface area (Å²) < 4.78 is 18.6. The van der Waals surface area contributed by atoms with Crippen molar-refractivity contribution in [3.05, 3.63) is 30.1 Å². The van der Waals surface area contributed by atoms with Gasteiger partial charge in [0.2, 0.25) is 0 Å². The number of hydrogen-bond acceptors (Lipinski definition) is 4. The molecule has 1 aromatic carbocycles. The van der Waals surface area contributed by atoms with E-state index in [2.05, 4.69) is 4.90 Å². The van der Waals surface area contributed by atoms with E-state index in [0.717, 1.165) is 5.69 Å². The summed E-state index contributed by atoms with van der Waals surface area (Å²) in [5.74, 6) is -0.501. The molecular weight excluding hydrogens is 299 g/mol. The van der Waals surface area contributed by atoms with Crippen LogP contribution in [0.25, 0.3) is 0 Å². The second-order valence-electron chi connectivity index (χ2n) is 5.94. The number of ether oxygens (including phenoxy) is 1. The molecule has 5 nitrogen and oxygen atoms in total. The topological polar surface area (TPSA) is 49.9 Å². The number of amides is 1. The molecule has 1 aliphatic heterocycles. The molecule has 0 saturated carbocycles. The second kappa shape index (κ2) is 7.55. The standard InChI is InChI=1S/C17H23FN2O3/c1-12-11-19(17(22)16(23-3)9-13(2)21)7-8-20(12)15-6-4-5-14(18)10-15/h4-6,10,12,16H,7-9,11H2,1-3H3/t12-,16?/m0/s1. The van der Waals surface area contributed by atoms with Crippen molar-refractivity contribution in [2.45, 2.75) is 32.4 Å². The molecule has 1 heterocycles. The van der Waals surface area contributed by atoms with Crippen LogP contribution < -0.4 is 4.90 Å². The maximum atomic E-state index is 13.4. The Morgan fingerprint density at radius 2 is 2.13 bits per heavy atom. The fourth-order valence-corrected chi connectivity index (χ4v) is 2.93. The van der Waals surface area contributed by atoms with E-state index < -0.39 is 6.10 Å². The van der Waals surface area contributed by atoms with Crippen LogP contribution in [0.2, 0.25) is 0 Å².